The highest BCUT2D eigenvalue weighted by molar-refractivity contribution is 8.00. The van der Waals surface area contributed by atoms with E-state index in [9.17, 15) is 15.3 Å². The first kappa shape index (κ1) is 25.8. The highest BCUT2D eigenvalue weighted by Crippen LogP contribution is 2.36. The molecule has 0 unspecified atom stereocenters. The molecule has 0 aliphatic heterocycles. The molecule has 0 radical (unpaired) electrons. The molecule has 0 saturated carbocycles. The summed E-state index contributed by atoms with van der Waals surface area (Å²) < 4.78 is 5.83. The van der Waals surface area contributed by atoms with Crippen LogP contribution in [0.3, 0.4) is 0 Å². The number of halogens is 1. The highest BCUT2D eigenvalue weighted by Gasteiger charge is 2.21. The van der Waals surface area contributed by atoms with Crippen LogP contribution in [0.5, 0.6) is 5.75 Å². The fraction of sp³-hybridized carbons (Fsp3) is 0.103. The molecular formula is C29H21ClN4O2S. The molecule has 0 aliphatic rings. The number of benzene rings is 3. The zero-order valence-electron chi connectivity index (χ0n) is 19.9. The number of anilines is 1. The summed E-state index contributed by atoms with van der Waals surface area (Å²) in [6.45, 7) is 2.22. The molecule has 0 aliphatic carbocycles. The number of carbonyl (C=O) groups excluding carboxylic acids is 1. The van der Waals surface area contributed by atoms with Gasteiger partial charge in [0.2, 0.25) is 0 Å². The quantitative estimate of drug-likeness (QED) is 0.204. The molecule has 6 nitrogen and oxygen atoms in total. The summed E-state index contributed by atoms with van der Waals surface area (Å²) in [6, 6.07) is 26.0. The molecule has 3 aromatic carbocycles. The van der Waals surface area contributed by atoms with E-state index in [1.807, 2.05) is 49.4 Å². The molecule has 2 N–H and O–H groups in total. The number of thioether (sulfide) groups is 1. The van der Waals surface area contributed by atoms with Crippen molar-refractivity contribution in [2.24, 2.45) is 0 Å². The van der Waals surface area contributed by atoms with E-state index in [-0.39, 0.29) is 35.1 Å². The van der Waals surface area contributed by atoms with Crippen molar-refractivity contribution >= 4 is 35.0 Å². The van der Waals surface area contributed by atoms with Crippen LogP contribution in [0.15, 0.2) is 77.8 Å². The summed E-state index contributed by atoms with van der Waals surface area (Å²) in [6.07, 6.45) is 0. The summed E-state index contributed by atoms with van der Waals surface area (Å²) in [5.74, 6) is 0.408. The zero-order chi connectivity index (χ0) is 26.4. The third kappa shape index (κ3) is 5.92. The molecule has 37 heavy (non-hydrogen) atoms. The minimum Gasteiger partial charge on any atom is -0.489 e. The molecule has 8 heteroatoms. The summed E-state index contributed by atoms with van der Waals surface area (Å²) >= 11 is 7.30. The summed E-state index contributed by atoms with van der Waals surface area (Å²) in [4.78, 5) is 17.3. The number of pyridine rings is 1. The van der Waals surface area contributed by atoms with Gasteiger partial charge in [-0.2, -0.15) is 10.5 Å². The van der Waals surface area contributed by atoms with Crippen LogP contribution in [0.4, 0.5) is 5.82 Å². The van der Waals surface area contributed by atoms with Gasteiger partial charge in [-0.25, -0.2) is 4.98 Å². The predicted octanol–water partition coefficient (Wildman–Crippen LogP) is 6.59. The van der Waals surface area contributed by atoms with Crippen molar-refractivity contribution in [3.05, 3.63) is 106 Å². The van der Waals surface area contributed by atoms with Gasteiger partial charge in [-0.15, -0.1) is 0 Å². The topological polar surface area (TPSA) is 113 Å². The summed E-state index contributed by atoms with van der Waals surface area (Å²) in [5, 5.41) is 20.6. The van der Waals surface area contributed by atoms with Gasteiger partial charge in [-0.3, -0.25) is 4.79 Å². The number of nitriles is 2. The first-order valence-electron chi connectivity index (χ1n) is 11.2. The third-order valence-electron chi connectivity index (χ3n) is 5.60. The molecule has 0 spiro atoms. The Morgan fingerprint density at radius 1 is 1.03 bits per heavy atom. The van der Waals surface area contributed by atoms with Gasteiger partial charge in [-0.1, -0.05) is 83.5 Å². The van der Waals surface area contributed by atoms with Crippen molar-refractivity contribution in [3.8, 4) is 29.0 Å². The normalized spacial score (nSPS) is 10.4. The molecule has 0 bridgehead atoms. The third-order valence-corrected chi connectivity index (χ3v) is 6.95. The second kappa shape index (κ2) is 11.6. The van der Waals surface area contributed by atoms with Gasteiger partial charge in [0.05, 0.1) is 11.3 Å². The zero-order valence-corrected chi connectivity index (χ0v) is 21.4. The molecule has 0 saturated heterocycles. The number of rotatable bonds is 8. The van der Waals surface area contributed by atoms with Crippen LogP contribution in [0.2, 0.25) is 5.02 Å². The maximum Gasteiger partial charge on any atom is 0.173 e. The SMILES string of the molecule is Cc1ccc(-c2c(C#N)c(N)nc(SCC(=O)c3cccc(OCc4ccccc4Cl)c3)c2C#N)cc1. The number of nitrogens with two attached hydrogens (primary N) is 1. The van der Waals surface area contributed by atoms with Gasteiger partial charge < -0.3 is 10.5 Å². The van der Waals surface area contributed by atoms with Gasteiger partial charge >= 0.3 is 0 Å². The number of carbonyl (C=O) groups is 1. The lowest BCUT2D eigenvalue weighted by molar-refractivity contribution is 0.102. The van der Waals surface area contributed by atoms with Gasteiger partial charge in [-0.05, 0) is 30.7 Å². The molecule has 182 valence electrons. The number of ether oxygens (including phenoxy) is 1. The van der Waals surface area contributed by atoms with E-state index in [2.05, 4.69) is 17.1 Å². The summed E-state index contributed by atoms with van der Waals surface area (Å²) in [5.41, 5.74) is 9.89. The van der Waals surface area contributed by atoms with E-state index in [0.717, 1.165) is 22.9 Å². The Kier molecular flexibility index (Phi) is 8.10. The van der Waals surface area contributed by atoms with Crippen molar-refractivity contribution in [1.29, 1.82) is 10.5 Å². The van der Waals surface area contributed by atoms with E-state index in [4.69, 9.17) is 22.1 Å². The molecule has 0 fully saturated rings. The predicted molar refractivity (Wildman–Crippen MR) is 146 cm³/mol. The van der Waals surface area contributed by atoms with Crippen LogP contribution < -0.4 is 10.5 Å². The van der Waals surface area contributed by atoms with Crippen LogP contribution in [0.25, 0.3) is 11.1 Å². The molecular weight excluding hydrogens is 504 g/mol. The molecule has 0 amide bonds. The second-order valence-corrected chi connectivity index (χ2v) is 9.51. The highest BCUT2D eigenvalue weighted by atomic mass is 35.5. The largest absolute Gasteiger partial charge is 0.489 e. The fourth-order valence-electron chi connectivity index (χ4n) is 3.66. The molecule has 1 aromatic heterocycles. The molecule has 1 heterocycles. The number of hydrogen-bond acceptors (Lipinski definition) is 7. The van der Waals surface area contributed by atoms with E-state index in [0.29, 0.717) is 32.5 Å². The van der Waals surface area contributed by atoms with Crippen molar-refractivity contribution in [3.63, 3.8) is 0 Å². The average Bonchev–Trinajstić information content (AvgIpc) is 2.91. The smallest absolute Gasteiger partial charge is 0.173 e. The van der Waals surface area contributed by atoms with E-state index in [1.54, 1.807) is 30.3 Å². The number of ketones is 1. The number of aryl methyl sites for hydroxylation is 1. The Hall–Kier alpha value is -4.30. The number of nitrogen functional groups attached to an aromatic ring is 1. The van der Waals surface area contributed by atoms with Gasteiger partial charge in [0.1, 0.15) is 40.9 Å². The van der Waals surface area contributed by atoms with E-state index in [1.165, 1.54) is 0 Å². The first-order valence-corrected chi connectivity index (χ1v) is 12.6. The lowest BCUT2D eigenvalue weighted by atomic mass is 9.96. The number of Topliss-reactive ketones (excluding diaryl/α,β-unsaturated/α-hetero) is 1. The number of nitrogens with zero attached hydrogens (tertiary/aromatic N) is 3. The van der Waals surface area contributed by atoms with Crippen LogP contribution in [-0.2, 0) is 6.61 Å². The second-order valence-electron chi connectivity index (χ2n) is 8.14. The minimum atomic E-state index is -0.168. The monoisotopic (exact) mass is 524 g/mol. The standard InChI is InChI=1S/C29H21ClN4O2S/c1-18-9-11-19(12-10-18)27-23(14-31)28(33)34-29(24(27)15-32)37-17-26(35)20-6-4-7-22(13-20)36-16-21-5-2-3-8-25(21)30/h2-13H,16-17H2,1H3,(H2,33,34). The Bertz CT molecular complexity index is 1560. The summed E-state index contributed by atoms with van der Waals surface area (Å²) in [7, 11) is 0. The van der Waals surface area contributed by atoms with Gasteiger partial charge in [0, 0.05) is 21.7 Å². The van der Waals surface area contributed by atoms with Crippen molar-refractivity contribution in [2.45, 2.75) is 18.6 Å². The maximum absolute atomic E-state index is 13.0. The Morgan fingerprint density at radius 2 is 1.76 bits per heavy atom. The number of aromatic nitrogens is 1. The van der Waals surface area contributed by atoms with Crippen LogP contribution in [0.1, 0.15) is 32.6 Å². The van der Waals surface area contributed by atoms with Gasteiger partial charge in [0.25, 0.3) is 0 Å². The van der Waals surface area contributed by atoms with Crippen molar-refractivity contribution < 1.29 is 9.53 Å². The lowest BCUT2D eigenvalue weighted by Gasteiger charge is -2.13. The fourth-order valence-corrected chi connectivity index (χ4v) is 4.74. The molecule has 0 atom stereocenters. The van der Waals surface area contributed by atoms with Crippen LogP contribution in [0, 0.1) is 29.6 Å². The Balaban J connectivity index is 1.55. The van der Waals surface area contributed by atoms with Crippen molar-refractivity contribution in [1.82, 2.24) is 4.98 Å². The van der Waals surface area contributed by atoms with E-state index >= 15 is 0 Å². The minimum absolute atomic E-state index is 0.0157. The number of hydrogen-bond donors (Lipinski definition) is 1. The van der Waals surface area contributed by atoms with E-state index < -0.39 is 0 Å². The van der Waals surface area contributed by atoms with Crippen LogP contribution >= 0.6 is 23.4 Å². The van der Waals surface area contributed by atoms with Gasteiger partial charge in [0.15, 0.2) is 5.78 Å². The molecule has 4 aromatic rings. The maximum atomic E-state index is 13.0. The average molecular weight is 525 g/mol. The molecule has 4 rings (SSSR count). The van der Waals surface area contributed by atoms with Crippen molar-refractivity contribution in [2.75, 3.05) is 11.5 Å². The Labute approximate surface area is 224 Å². The first-order chi connectivity index (χ1) is 17.9. The Morgan fingerprint density at radius 3 is 2.46 bits per heavy atom. The lowest BCUT2D eigenvalue weighted by Crippen LogP contribution is -2.07. The van der Waals surface area contributed by atoms with Crippen LogP contribution in [-0.4, -0.2) is 16.5 Å².